The highest BCUT2D eigenvalue weighted by atomic mass is 16.6. The van der Waals surface area contributed by atoms with Gasteiger partial charge in [-0.15, -0.1) is 20.4 Å². The molecule has 0 fully saturated rings. The number of H-pyrrole nitrogens is 1. The summed E-state index contributed by atoms with van der Waals surface area (Å²) in [7, 11) is 1.64. The van der Waals surface area contributed by atoms with Crippen LogP contribution in [0.4, 0.5) is 0 Å². The van der Waals surface area contributed by atoms with Gasteiger partial charge >= 0.3 is 5.97 Å². The van der Waals surface area contributed by atoms with E-state index >= 15 is 0 Å². The molecule has 2 aromatic carbocycles. The number of carbonyl (C=O) groups excluding carboxylic acids is 1. The molecule has 4 rings (SSSR count). The van der Waals surface area contributed by atoms with E-state index in [2.05, 4.69) is 37.9 Å². The summed E-state index contributed by atoms with van der Waals surface area (Å²) < 4.78 is 11.1. The van der Waals surface area contributed by atoms with Crippen LogP contribution in [0.3, 0.4) is 0 Å². The summed E-state index contributed by atoms with van der Waals surface area (Å²) in [6.45, 7) is 8.14. The van der Waals surface area contributed by atoms with Gasteiger partial charge in [-0.1, -0.05) is 49.7 Å². The average molecular weight is 519 g/mol. The Bertz CT molecular complexity index is 1300. The molecule has 0 saturated carbocycles. The van der Waals surface area contributed by atoms with Crippen LogP contribution >= 0.6 is 0 Å². The molecule has 0 radical (unpaired) electrons. The van der Waals surface area contributed by atoms with Gasteiger partial charge in [0.25, 0.3) is 0 Å². The fourth-order valence-corrected chi connectivity index (χ4v) is 4.28. The zero-order valence-corrected chi connectivity index (χ0v) is 22.5. The zero-order chi connectivity index (χ0) is 27.1. The summed E-state index contributed by atoms with van der Waals surface area (Å²) >= 11 is 0. The van der Waals surface area contributed by atoms with Crippen molar-refractivity contribution in [3.63, 3.8) is 0 Å². The number of rotatable bonds is 11. The standard InChI is InChI=1S/C27H34N8O3/c1-6-7-22(26(36)38-27(2,3)4)23(16-18-8-12-20(13-9-18)24-28-32-33-29-24)25-30-34-35(31-25)17-19-10-14-21(37-5)15-11-19/h8-15,22-23H,6-7,16-17H2,1-5H3,(H,28,29,32,33)/t22?,23-/m0/s1. The van der Waals surface area contributed by atoms with E-state index in [1.807, 2.05) is 69.3 Å². The van der Waals surface area contributed by atoms with E-state index in [1.54, 1.807) is 11.9 Å². The van der Waals surface area contributed by atoms with Crippen molar-refractivity contribution in [2.75, 3.05) is 7.11 Å². The van der Waals surface area contributed by atoms with E-state index in [1.165, 1.54) is 0 Å². The van der Waals surface area contributed by atoms with Gasteiger partial charge in [0.15, 0.2) is 5.82 Å². The minimum Gasteiger partial charge on any atom is -0.497 e. The number of aromatic nitrogens is 8. The fraction of sp³-hybridized carbons (Fsp3) is 0.444. The number of nitrogens with one attached hydrogen (secondary N) is 1. The van der Waals surface area contributed by atoms with Gasteiger partial charge in [0.1, 0.15) is 11.4 Å². The van der Waals surface area contributed by atoms with Crippen LogP contribution in [0.5, 0.6) is 5.75 Å². The molecule has 0 amide bonds. The molecule has 0 aliphatic rings. The number of ether oxygens (including phenoxy) is 2. The van der Waals surface area contributed by atoms with E-state index < -0.39 is 11.5 Å². The van der Waals surface area contributed by atoms with Crippen LogP contribution in [0.1, 0.15) is 63.4 Å². The Balaban J connectivity index is 1.62. The van der Waals surface area contributed by atoms with Gasteiger partial charge in [-0.3, -0.25) is 4.79 Å². The number of methoxy groups -OCH3 is 1. The number of tetrazole rings is 2. The van der Waals surface area contributed by atoms with E-state index in [4.69, 9.17) is 14.6 Å². The quantitative estimate of drug-likeness (QED) is 0.292. The molecule has 4 aromatic rings. The van der Waals surface area contributed by atoms with Gasteiger partial charge in [-0.25, -0.2) is 0 Å². The van der Waals surface area contributed by atoms with Crippen molar-refractivity contribution in [1.29, 1.82) is 0 Å². The maximum absolute atomic E-state index is 13.4. The number of nitrogens with zero attached hydrogens (tertiary/aromatic N) is 7. The van der Waals surface area contributed by atoms with Crippen molar-refractivity contribution in [3.05, 3.63) is 65.5 Å². The summed E-state index contributed by atoms with van der Waals surface area (Å²) in [5.41, 5.74) is 2.29. The molecule has 0 bridgehead atoms. The predicted octanol–water partition coefficient (Wildman–Crippen LogP) is 3.99. The molecular formula is C27H34N8O3. The Labute approximate surface area is 221 Å². The topological polar surface area (TPSA) is 134 Å². The molecule has 0 saturated heterocycles. The van der Waals surface area contributed by atoms with Crippen molar-refractivity contribution >= 4 is 5.97 Å². The van der Waals surface area contributed by atoms with Crippen LogP contribution in [0, 0.1) is 5.92 Å². The lowest BCUT2D eigenvalue weighted by Crippen LogP contribution is -2.33. The van der Waals surface area contributed by atoms with E-state index in [9.17, 15) is 4.79 Å². The maximum atomic E-state index is 13.4. The highest BCUT2D eigenvalue weighted by Gasteiger charge is 2.35. The van der Waals surface area contributed by atoms with Crippen LogP contribution in [-0.2, 0) is 22.5 Å². The summed E-state index contributed by atoms with van der Waals surface area (Å²) in [4.78, 5) is 14.9. The van der Waals surface area contributed by atoms with Gasteiger partial charge in [0.05, 0.1) is 19.6 Å². The number of hydrogen-bond acceptors (Lipinski definition) is 9. The number of benzene rings is 2. The number of hydrogen-bond donors (Lipinski definition) is 1. The molecule has 11 nitrogen and oxygen atoms in total. The first-order valence-corrected chi connectivity index (χ1v) is 12.7. The minimum atomic E-state index is -0.598. The lowest BCUT2D eigenvalue weighted by Gasteiger charge is -2.28. The van der Waals surface area contributed by atoms with Gasteiger partial charge in [-0.05, 0) is 67.3 Å². The summed E-state index contributed by atoms with van der Waals surface area (Å²) in [5, 5.41) is 27.6. The smallest absolute Gasteiger partial charge is 0.310 e. The summed E-state index contributed by atoms with van der Waals surface area (Å²) in [6, 6.07) is 15.6. The van der Waals surface area contributed by atoms with Crippen molar-refractivity contribution in [1.82, 2.24) is 40.8 Å². The van der Waals surface area contributed by atoms with E-state index in [0.717, 1.165) is 28.9 Å². The molecule has 200 valence electrons. The Morgan fingerprint density at radius 2 is 1.74 bits per heavy atom. The Morgan fingerprint density at radius 1 is 1.03 bits per heavy atom. The lowest BCUT2D eigenvalue weighted by molar-refractivity contribution is -0.161. The van der Waals surface area contributed by atoms with Crippen LogP contribution in [0.15, 0.2) is 48.5 Å². The number of aromatic amines is 1. The van der Waals surface area contributed by atoms with Gasteiger partial charge in [0.2, 0.25) is 5.82 Å². The van der Waals surface area contributed by atoms with Crippen molar-refractivity contribution in [2.24, 2.45) is 5.92 Å². The molecule has 0 aliphatic carbocycles. The first-order chi connectivity index (χ1) is 18.3. The normalized spacial score (nSPS) is 13.2. The van der Waals surface area contributed by atoms with Crippen molar-refractivity contribution in [2.45, 2.75) is 65.0 Å². The molecule has 0 spiro atoms. The molecular weight excluding hydrogens is 484 g/mol. The van der Waals surface area contributed by atoms with Crippen molar-refractivity contribution < 1.29 is 14.3 Å². The average Bonchev–Trinajstić information content (AvgIpc) is 3.59. The third-order valence-corrected chi connectivity index (χ3v) is 6.09. The lowest BCUT2D eigenvalue weighted by atomic mass is 9.83. The third kappa shape index (κ3) is 6.99. The van der Waals surface area contributed by atoms with Crippen molar-refractivity contribution in [3.8, 4) is 17.1 Å². The molecule has 11 heteroatoms. The SMILES string of the molecule is CCCC(C(=O)OC(C)(C)C)[C@H](Cc1ccc(-c2nn[nH]n2)cc1)c1nnn(Cc2ccc(OC)cc2)n1. The number of esters is 1. The van der Waals surface area contributed by atoms with Gasteiger partial charge < -0.3 is 9.47 Å². The largest absolute Gasteiger partial charge is 0.497 e. The minimum absolute atomic E-state index is 0.251. The second kappa shape index (κ2) is 11.9. The maximum Gasteiger partial charge on any atom is 0.310 e. The van der Waals surface area contributed by atoms with Crippen LogP contribution < -0.4 is 4.74 Å². The zero-order valence-electron chi connectivity index (χ0n) is 22.5. The fourth-order valence-electron chi connectivity index (χ4n) is 4.28. The monoisotopic (exact) mass is 518 g/mol. The molecule has 0 aliphatic heterocycles. The molecule has 1 unspecified atom stereocenters. The van der Waals surface area contributed by atoms with E-state index in [0.29, 0.717) is 31.0 Å². The van der Waals surface area contributed by atoms with Gasteiger partial charge in [-0.2, -0.15) is 10.0 Å². The Morgan fingerprint density at radius 3 is 2.34 bits per heavy atom. The molecule has 2 heterocycles. The predicted molar refractivity (Wildman–Crippen MR) is 140 cm³/mol. The summed E-state index contributed by atoms with van der Waals surface area (Å²) in [5.74, 6) is 0.838. The number of carbonyl (C=O) groups is 1. The second-order valence-corrected chi connectivity index (χ2v) is 10.2. The third-order valence-electron chi connectivity index (χ3n) is 6.09. The molecule has 1 N–H and O–H groups in total. The van der Waals surface area contributed by atoms with Crippen LogP contribution in [0.2, 0.25) is 0 Å². The Kier molecular flexibility index (Phi) is 8.45. The molecule has 2 aromatic heterocycles. The first-order valence-electron chi connectivity index (χ1n) is 12.7. The molecule has 2 atom stereocenters. The van der Waals surface area contributed by atoms with Gasteiger partial charge in [0, 0.05) is 11.5 Å². The van der Waals surface area contributed by atoms with Crippen LogP contribution in [-0.4, -0.2) is 59.5 Å². The first kappa shape index (κ1) is 26.9. The summed E-state index contributed by atoms with van der Waals surface area (Å²) in [6.07, 6.45) is 2.01. The van der Waals surface area contributed by atoms with E-state index in [-0.39, 0.29) is 11.9 Å². The highest BCUT2D eigenvalue weighted by molar-refractivity contribution is 5.74. The van der Waals surface area contributed by atoms with Crippen LogP contribution in [0.25, 0.3) is 11.4 Å². The highest BCUT2D eigenvalue weighted by Crippen LogP contribution is 2.32. The molecule has 38 heavy (non-hydrogen) atoms. The Hall–Kier alpha value is -4.15. The second-order valence-electron chi connectivity index (χ2n) is 10.2.